The fraction of sp³-hybridized carbons (Fsp3) is 0.455. The van der Waals surface area contributed by atoms with Gasteiger partial charge >= 0.3 is 0 Å². The lowest BCUT2D eigenvalue weighted by Gasteiger charge is -2.53. The molecule has 1 spiro atoms. The molecule has 1 saturated carbocycles. The molecule has 7 rings (SSSR count). The SMILES string of the molecule is CN1CC[C@]23C(=O)C[C@@]4(O)C(=CCOC5=CC(=O)N(c6c(O)cccc62)[C@H]3[C@H]54)C1. The van der Waals surface area contributed by atoms with Crippen LogP contribution < -0.4 is 4.90 Å². The molecule has 1 aromatic carbocycles. The first-order valence-electron chi connectivity index (χ1n) is 10.0. The van der Waals surface area contributed by atoms with Crippen LogP contribution in [0.5, 0.6) is 5.75 Å². The third kappa shape index (κ3) is 1.86. The third-order valence-corrected chi connectivity index (χ3v) is 7.55. The van der Waals surface area contributed by atoms with Gasteiger partial charge in [-0.05, 0) is 43.3 Å². The molecule has 1 aromatic rings. The van der Waals surface area contributed by atoms with Crippen LogP contribution in [0.3, 0.4) is 0 Å². The summed E-state index contributed by atoms with van der Waals surface area (Å²) in [5, 5.41) is 22.6. The van der Waals surface area contributed by atoms with E-state index in [1.807, 2.05) is 19.2 Å². The Morgan fingerprint density at radius 3 is 2.93 bits per heavy atom. The molecule has 5 aliphatic heterocycles. The van der Waals surface area contributed by atoms with E-state index in [0.29, 0.717) is 36.5 Å². The number of para-hydroxylation sites is 1. The fourth-order valence-corrected chi connectivity index (χ4v) is 6.33. The molecule has 5 heterocycles. The van der Waals surface area contributed by atoms with Crippen molar-refractivity contribution < 1.29 is 24.5 Å². The molecule has 4 bridgehead atoms. The number of benzene rings is 1. The van der Waals surface area contributed by atoms with Crippen LogP contribution in [0, 0.1) is 5.92 Å². The van der Waals surface area contributed by atoms with Crippen molar-refractivity contribution in [3.63, 3.8) is 0 Å². The van der Waals surface area contributed by atoms with Gasteiger partial charge in [-0.1, -0.05) is 12.1 Å². The molecule has 29 heavy (non-hydrogen) atoms. The molecule has 1 amide bonds. The maximum atomic E-state index is 13.8. The molecule has 7 nitrogen and oxygen atoms in total. The van der Waals surface area contributed by atoms with Crippen LogP contribution in [0.1, 0.15) is 18.4 Å². The first kappa shape index (κ1) is 17.2. The average molecular weight is 394 g/mol. The molecule has 0 radical (unpaired) electrons. The number of carbonyl (C=O) groups is 2. The molecule has 3 fully saturated rings. The van der Waals surface area contributed by atoms with Gasteiger partial charge in [-0.25, -0.2) is 0 Å². The van der Waals surface area contributed by atoms with Gasteiger partial charge in [0.25, 0.3) is 5.91 Å². The van der Waals surface area contributed by atoms with Gasteiger partial charge in [-0.2, -0.15) is 0 Å². The van der Waals surface area contributed by atoms with Gasteiger partial charge in [-0.3, -0.25) is 14.5 Å². The van der Waals surface area contributed by atoms with Crippen LogP contribution in [-0.2, 0) is 19.7 Å². The second kappa shape index (κ2) is 5.29. The fourth-order valence-electron chi connectivity index (χ4n) is 6.33. The number of ether oxygens (including phenoxy) is 1. The maximum Gasteiger partial charge on any atom is 0.254 e. The Morgan fingerprint density at radius 1 is 1.28 bits per heavy atom. The number of hydrogen-bond acceptors (Lipinski definition) is 6. The number of ketones is 1. The third-order valence-electron chi connectivity index (χ3n) is 7.55. The van der Waals surface area contributed by atoms with E-state index in [-0.39, 0.29) is 30.5 Å². The number of likely N-dealkylation sites (N-methyl/N-ethyl adjacent to an activating group) is 1. The number of Topliss-reactive ketones (excluding diaryl/α,β-unsaturated/α-hetero) is 1. The van der Waals surface area contributed by atoms with Crippen LogP contribution >= 0.6 is 0 Å². The number of anilines is 1. The first-order chi connectivity index (χ1) is 13.9. The van der Waals surface area contributed by atoms with E-state index < -0.39 is 23.0 Å². The zero-order valence-corrected chi connectivity index (χ0v) is 16.1. The molecule has 2 saturated heterocycles. The minimum absolute atomic E-state index is 0.0199. The topological polar surface area (TPSA) is 90.3 Å². The summed E-state index contributed by atoms with van der Waals surface area (Å²) in [5.74, 6) is -0.524. The summed E-state index contributed by atoms with van der Waals surface area (Å²) in [4.78, 5) is 30.7. The standard InChI is InChI=1S/C22H22N2O5/c1-23-7-6-21-13-3-2-4-14(25)19(13)24-17(27)9-15-18(20(21)24)22(28,10-16(21)26)12(11-23)5-8-29-15/h2-5,9,18,20,25,28H,6-8,10-11H2,1H3/t18-,20-,21+,22+/m0/s1. The van der Waals surface area contributed by atoms with Gasteiger partial charge in [0.15, 0.2) is 0 Å². The number of aliphatic hydroxyl groups is 1. The van der Waals surface area contributed by atoms with Gasteiger partial charge in [0.1, 0.15) is 29.5 Å². The minimum atomic E-state index is -1.41. The van der Waals surface area contributed by atoms with Gasteiger partial charge < -0.3 is 19.8 Å². The van der Waals surface area contributed by atoms with Gasteiger partial charge in [0.05, 0.1) is 23.1 Å². The summed E-state index contributed by atoms with van der Waals surface area (Å²) in [6.07, 6.45) is 3.77. The normalized spacial score (nSPS) is 37.7. The Morgan fingerprint density at radius 2 is 2.10 bits per heavy atom. The molecular formula is C22H22N2O5. The number of fused-ring (bicyclic) bond motifs is 6. The largest absolute Gasteiger partial charge is 0.506 e. The maximum absolute atomic E-state index is 13.8. The molecule has 0 aromatic heterocycles. The molecule has 150 valence electrons. The van der Waals surface area contributed by atoms with Crippen molar-refractivity contribution in [1.82, 2.24) is 4.90 Å². The second-order valence-electron chi connectivity index (χ2n) is 8.87. The molecular weight excluding hydrogens is 372 g/mol. The zero-order valence-electron chi connectivity index (χ0n) is 16.1. The Labute approximate surface area is 167 Å². The average Bonchev–Trinajstić information content (AvgIpc) is 2.93. The quantitative estimate of drug-likeness (QED) is 0.635. The van der Waals surface area contributed by atoms with E-state index in [1.54, 1.807) is 17.0 Å². The van der Waals surface area contributed by atoms with Crippen molar-refractivity contribution in [2.75, 3.05) is 31.6 Å². The van der Waals surface area contributed by atoms with Crippen molar-refractivity contribution in [2.45, 2.75) is 29.9 Å². The smallest absolute Gasteiger partial charge is 0.254 e. The van der Waals surface area contributed by atoms with Gasteiger partial charge in [-0.15, -0.1) is 0 Å². The van der Waals surface area contributed by atoms with Crippen molar-refractivity contribution in [3.8, 4) is 5.75 Å². The van der Waals surface area contributed by atoms with E-state index in [1.165, 1.54) is 6.08 Å². The highest BCUT2D eigenvalue weighted by molar-refractivity contribution is 6.11. The summed E-state index contributed by atoms with van der Waals surface area (Å²) in [5.41, 5.74) is -0.539. The predicted octanol–water partition coefficient (Wildman–Crippen LogP) is 0.855. The van der Waals surface area contributed by atoms with Gasteiger partial charge in [0.2, 0.25) is 0 Å². The van der Waals surface area contributed by atoms with Crippen LogP contribution in [-0.4, -0.2) is 65.2 Å². The lowest BCUT2D eigenvalue weighted by Crippen LogP contribution is -2.68. The van der Waals surface area contributed by atoms with Crippen molar-refractivity contribution in [2.24, 2.45) is 5.92 Å². The Hall–Kier alpha value is -2.64. The Kier molecular flexibility index (Phi) is 3.14. The summed E-state index contributed by atoms with van der Waals surface area (Å²) >= 11 is 0. The Balaban J connectivity index is 1.73. The van der Waals surface area contributed by atoms with Gasteiger partial charge in [0, 0.05) is 19.0 Å². The highest BCUT2D eigenvalue weighted by Gasteiger charge is 2.71. The van der Waals surface area contributed by atoms with E-state index in [9.17, 15) is 19.8 Å². The van der Waals surface area contributed by atoms with E-state index in [4.69, 9.17) is 4.74 Å². The highest BCUT2D eigenvalue weighted by Crippen LogP contribution is 2.62. The predicted molar refractivity (Wildman–Crippen MR) is 103 cm³/mol. The minimum Gasteiger partial charge on any atom is -0.506 e. The molecule has 6 aliphatic rings. The molecule has 7 heteroatoms. The lowest BCUT2D eigenvalue weighted by atomic mass is 9.54. The van der Waals surface area contributed by atoms with Crippen molar-refractivity contribution >= 4 is 17.4 Å². The van der Waals surface area contributed by atoms with E-state index >= 15 is 0 Å². The molecule has 2 N–H and O–H groups in total. The summed E-state index contributed by atoms with van der Waals surface area (Å²) in [7, 11) is 1.98. The van der Waals surface area contributed by atoms with E-state index in [0.717, 1.165) is 5.57 Å². The van der Waals surface area contributed by atoms with Crippen LogP contribution in [0.2, 0.25) is 0 Å². The summed E-state index contributed by atoms with van der Waals surface area (Å²) in [6.45, 7) is 1.44. The molecule has 0 unspecified atom stereocenters. The van der Waals surface area contributed by atoms with Crippen LogP contribution in [0.4, 0.5) is 5.69 Å². The number of nitrogens with zero attached hydrogens (tertiary/aromatic N) is 2. The number of aromatic hydroxyl groups is 1. The number of amides is 1. The number of phenolic OH excluding ortho intramolecular Hbond substituents is 1. The first-order valence-corrected chi connectivity index (χ1v) is 10.0. The number of phenols is 1. The second-order valence-corrected chi connectivity index (χ2v) is 8.87. The van der Waals surface area contributed by atoms with Crippen molar-refractivity contribution in [3.05, 3.63) is 47.2 Å². The number of hydrogen-bond donors (Lipinski definition) is 2. The molecule has 1 aliphatic carbocycles. The monoisotopic (exact) mass is 394 g/mol. The summed E-state index contributed by atoms with van der Waals surface area (Å²) in [6, 6.07) is 4.49. The lowest BCUT2D eigenvalue weighted by molar-refractivity contribution is -0.141. The van der Waals surface area contributed by atoms with Crippen LogP contribution in [0.15, 0.2) is 41.7 Å². The number of rotatable bonds is 0. The Bertz CT molecular complexity index is 1050. The molecule has 4 atom stereocenters. The summed E-state index contributed by atoms with van der Waals surface area (Å²) < 4.78 is 5.93. The van der Waals surface area contributed by atoms with Crippen molar-refractivity contribution in [1.29, 1.82) is 0 Å². The highest BCUT2D eigenvalue weighted by atomic mass is 16.5. The number of carbonyl (C=O) groups excluding carboxylic acids is 2. The zero-order chi connectivity index (χ0) is 20.1. The van der Waals surface area contributed by atoms with Crippen LogP contribution in [0.25, 0.3) is 0 Å². The van der Waals surface area contributed by atoms with E-state index in [2.05, 4.69) is 4.90 Å².